The highest BCUT2D eigenvalue weighted by atomic mass is 16.5. The molecule has 0 radical (unpaired) electrons. The number of methoxy groups -OCH3 is 1. The van der Waals surface area contributed by atoms with Gasteiger partial charge in [-0.1, -0.05) is 19.9 Å². The number of hydrogen-bond donors (Lipinski definition) is 1. The smallest absolute Gasteiger partial charge is 0.295 e. The van der Waals surface area contributed by atoms with Gasteiger partial charge in [0.25, 0.3) is 11.7 Å². The molecule has 3 rings (SSSR count). The Balaban J connectivity index is 2.11. The summed E-state index contributed by atoms with van der Waals surface area (Å²) in [6.07, 6.45) is 3.91. The fraction of sp³-hybridized carbons (Fsp3) is 0.444. The van der Waals surface area contributed by atoms with Crippen LogP contribution in [0.2, 0.25) is 0 Å². The molecule has 7 heteroatoms. The number of aryl methyl sites for hydroxylation is 1. The van der Waals surface area contributed by atoms with Crippen molar-refractivity contribution in [2.24, 2.45) is 0 Å². The number of hydrogen-bond acceptors (Lipinski definition) is 6. The van der Waals surface area contributed by atoms with Crippen LogP contribution in [-0.2, 0) is 14.3 Å². The first-order valence-electron chi connectivity index (χ1n) is 11.7. The van der Waals surface area contributed by atoms with Crippen molar-refractivity contribution in [2.45, 2.75) is 59.1 Å². The normalized spacial score (nSPS) is 17.8. The number of ketones is 1. The number of aliphatic hydroxyl groups is 1. The van der Waals surface area contributed by atoms with Crippen molar-refractivity contribution in [1.29, 1.82) is 0 Å². The van der Waals surface area contributed by atoms with E-state index in [2.05, 4.69) is 4.98 Å². The highest BCUT2D eigenvalue weighted by Gasteiger charge is 2.46. The van der Waals surface area contributed by atoms with Crippen molar-refractivity contribution in [1.82, 2.24) is 9.88 Å². The molecule has 182 valence electrons. The zero-order chi connectivity index (χ0) is 25.0. The molecule has 1 aromatic heterocycles. The Morgan fingerprint density at radius 2 is 1.94 bits per heavy atom. The van der Waals surface area contributed by atoms with Crippen molar-refractivity contribution < 1.29 is 24.2 Å². The number of amides is 1. The third-order valence-electron chi connectivity index (χ3n) is 5.99. The maximum Gasteiger partial charge on any atom is 0.295 e. The maximum absolute atomic E-state index is 13.2. The molecule has 0 aliphatic carbocycles. The number of aliphatic hydroxyl groups excluding tert-OH is 1. The number of pyridine rings is 1. The topological polar surface area (TPSA) is 89.0 Å². The van der Waals surface area contributed by atoms with Gasteiger partial charge in [-0.25, -0.2) is 0 Å². The summed E-state index contributed by atoms with van der Waals surface area (Å²) in [6.45, 7) is 10.6. The zero-order valence-corrected chi connectivity index (χ0v) is 20.8. The van der Waals surface area contributed by atoms with Gasteiger partial charge in [-0.2, -0.15) is 0 Å². The number of Topliss-reactive ketones (excluding diaryl/α,β-unsaturated/α-hetero) is 1. The van der Waals surface area contributed by atoms with Crippen LogP contribution in [-0.4, -0.2) is 53.0 Å². The van der Waals surface area contributed by atoms with Crippen LogP contribution in [0.4, 0.5) is 0 Å². The molecule has 7 nitrogen and oxygen atoms in total. The molecule has 1 aliphatic rings. The van der Waals surface area contributed by atoms with Crippen LogP contribution in [0.25, 0.3) is 5.76 Å². The molecule has 1 amide bonds. The number of carbonyl (C=O) groups is 2. The summed E-state index contributed by atoms with van der Waals surface area (Å²) in [5, 5.41) is 11.4. The van der Waals surface area contributed by atoms with Crippen molar-refractivity contribution in [3.63, 3.8) is 0 Å². The van der Waals surface area contributed by atoms with Gasteiger partial charge in [-0.05, 0) is 68.0 Å². The highest BCUT2D eigenvalue weighted by Crippen LogP contribution is 2.41. The maximum atomic E-state index is 13.2. The molecule has 0 saturated carbocycles. The second-order valence-corrected chi connectivity index (χ2v) is 9.12. The third kappa shape index (κ3) is 5.14. The third-order valence-corrected chi connectivity index (χ3v) is 5.99. The lowest BCUT2D eigenvalue weighted by Gasteiger charge is -2.25. The Labute approximate surface area is 201 Å². The summed E-state index contributed by atoms with van der Waals surface area (Å²) in [6, 6.07) is 6.54. The number of ether oxygens (including phenoxy) is 2. The molecule has 0 spiro atoms. The molecular formula is C27H34N2O5. The van der Waals surface area contributed by atoms with Crippen LogP contribution in [0.15, 0.2) is 42.2 Å². The molecule has 2 heterocycles. The van der Waals surface area contributed by atoms with Crippen molar-refractivity contribution in [3.05, 3.63) is 64.5 Å². The van der Waals surface area contributed by atoms with Gasteiger partial charge in [0, 0.05) is 31.1 Å². The van der Waals surface area contributed by atoms with Gasteiger partial charge >= 0.3 is 0 Å². The standard InChI is InChI=1S/C27H34N2O5/c1-16(2)20-14-21(18(5)13-22(20)33-6)25(30)23-24(19-9-7-10-28-15-19)29(27(32)26(23)31)11-8-12-34-17(3)4/h7,9-10,13-17,24,30H,8,11-12H2,1-6H3/b25-23+. The Kier molecular flexibility index (Phi) is 8.10. The Morgan fingerprint density at radius 1 is 1.21 bits per heavy atom. The van der Waals surface area contributed by atoms with Crippen LogP contribution < -0.4 is 4.74 Å². The lowest BCUT2D eigenvalue weighted by molar-refractivity contribution is -0.140. The zero-order valence-electron chi connectivity index (χ0n) is 20.8. The second kappa shape index (κ2) is 10.8. The van der Waals surface area contributed by atoms with Gasteiger partial charge < -0.3 is 19.5 Å². The van der Waals surface area contributed by atoms with Crippen LogP contribution in [0.5, 0.6) is 5.75 Å². The lowest BCUT2D eigenvalue weighted by atomic mass is 9.91. The van der Waals surface area contributed by atoms with E-state index in [1.165, 1.54) is 4.90 Å². The summed E-state index contributed by atoms with van der Waals surface area (Å²) < 4.78 is 11.1. The average molecular weight is 467 g/mol. The van der Waals surface area contributed by atoms with E-state index in [0.717, 1.165) is 16.9 Å². The van der Waals surface area contributed by atoms with Gasteiger partial charge in [0.05, 0.1) is 24.8 Å². The fourth-order valence-corrected chi connectivity index (χ4v) is 4.28. The minimum Gasteiger partial charge on any atom is -0.507 e. The van der Waals surface area contributed by atoms with Crippen molar-refractivity contribution >= 4 is 17.4 Å². The molecule has 1 atom stereocenters. The predicted octanol–water partition coefficient (Wildman–Crippen LogP) is 4.76. The van der Waals surface area contributed by atoms with E-state index < -0.39 is 17.7 Å². The molecule has 1 saturated heterocycles. The minimum atomic E-state index is -0.725. The molecule has 0 bridgehead atoms. The molecule has 1 N–H and O–H groups in total. The molecule has 1 aromatic carbocycles. The van der Waals surface area contributed by atoms with Gasteiger partial charge in [-0.3, -0.25) is 14.6 Å². The Hall–Kier alpha value is -3.19. The predicted molar refractivity (Wildman–Crippen MR) is 131 cm³/mol. The Bertz CT molecular complexity index is 1080. The van der Waals surface area contributed by atoms with E-state index in [0.29, 0.717) is 30.7 Å². The quantitative estimate of drug-likeness (QED) is 0.248. The number of carbonyl (C=O) groups excluding carboxylic acids is 2. The molecular weight excluding hydrogens is 432 g/mol. The molecule has 1 fully saturated rings. The average Bonchev–Trinajstić information content (AvgIpc) is 3.06. The second-order valence-electron chi connectivity index (χ2n) is 9.12. The molecule has 1 unspecified atom stereocenters. The molecule has 1 aliphatic heterocycles. The van der Waals surface area contributed by atoms with Crippen molar-refractivity contribution in [2.75, 3.05) is 20.3 Å². The Morgan fingerprint density at radius 3 is 2.53 bits per heavy atom. The van der Waals surface area contributed by atoms with Gasteiger partial charge in [0.1, 0.15) is 11.5 Å². The van der Waals surface area contributed by atoms with Crippen LogP contribution in [0.3, 0.4) is 0 Å². The number of likely N-dealkylation sites (tertiary alicyclic amines) is 1. The first-order valence-corrected chi connectivity index (χ1v) is 11.7. The fourth-order valence-electron chi connectivity index (χ4n) is 4.28. The highest BCUT2D eigenvalue weighted by molar-refractivity contribution is 6.46. The summed E-state index contributed by atoms with van der Waals surface area (Å²) in [5.74, 6) is -0.652. The monoisotopic (exact) mass is 466 g/mol. The summed E-state index contributed by atoms with van der Waals surface area (Å²) >= 11 is 0. The largest absolute Gasteiger partial charge is 0.507 e. The van der Waals surface area contributed by atoms with Crippen LogP contribution in [0, 0.1) is 6.92 Å². The van der Waals surface area contributed by atoms with Gasteiger partial charge in [0.2, 0.25) is 0 Å². The number of benzene rings is 1. The number of rotatable bonds is 9. The number of nitrogens with zero attached hydrogens (tertiary/aromatic N) is 2. The summed E-state index contributed by atoms with van der Waals surface area (Å²) in [4.78, 5) is 32.0. The van der Waals surface area contributed by atoms with Crippen LogP contribution in [0.1, 0.15) is 68.3 Å². The van der Waals surface area contributed by atoms with E-state index in [1.807, 2.05) is 52.8 Å². The lowest BCUT2D eigenvalue weighted by Crippen LogP contribution is -2.31. The molecule has 34 heavy (non-hydrogen) atoms. The number of aromatic nitrogens is 1. The van der Waals surface area contributed by atoms with Crippen molar-refractivity contribution in [3.8, 4) is 5.75 Å². The van der Waals surface area contributed by atoms with E-state index in [-0.39, 0.29) is 23.4 Å². The summed E-state index contributed by atoms with van der Waals surface area (Å²) in [7, 11) is 1.61. The first kappa shape index (κ1) is 25.4. The van der Waals surface area contributed by atoms with E-state index >= 15 is 0 Å². The van der Waals surface area contributed by atoms with E-state index in [9.17, 15) is 14.7 Å². The first-order chi connectivity index (χ1) is 16.2. The minimum absolute atomic E-state index is 0.0748. The van der Waals surface area contributed by atoms with Gasteiger partial charge in [0.15, 0.2) is 0 Å². The SMILES string of the molecule is COc1cc(C)c(/C(O)=C2\C(=O)C(=O)N(CCCOC(C)C)C2c2cccnc2)cc1C(C)C. The van der Waals surface area contributed by atoms with Crippen LogP contribution >= 0.6 is 0 Å². The van der Waals surface area contributed by atoms with E-state index in [1.54, 1.807) is 25.6 Å². The summed E-state index contributed by atoms with van der Waals surface area (Å²) in [5.41, 5.74) is 2.92. The van der Waals surface area contributed by atoms with E-state index in [4.69, 9.17) is 9.47 Å². The molecule has 2 aromatic rings. The van der Waals surface area contributed by atoms with Gasteiger partial charge in [-0.15, -0.1) is 0 Å².